The molecular formula is C14H21NO4. The van der Waals surface area contributed by atoms with Crippen molar-refractivity contribution in [3.8, 4) is 0 Å². The van der Waals surface area contributed by atoms with E-state index in [2.05, 4.69) is 0 Å². The smallest absolute Gasteiger partial charge is 0.338 e. The molecule has 0 saturated carbocycles. The van der Waals surface area contributed by atoms with Crippen LogP contribution >= 0.6 is 0 Å². The average molecular weight is 267 g/mol. The van der Waals surface area contributed by atoms with Gasteiger partial charge in [0, 0.05) is 5.69 Å². The van der Waals surface area contributed by atoms with Crippen LogP contribution in [-0.4, -0.2) is 36.0 Å². The lowest BCUT2D eigenvalue weighted by molar-refractivity contribution is -0.0646. The number of hydrogen-bond acceptors (Lipinski definition) is 5. The van der Waals surface area contributed by atoms with Crippen molar-refractivity contribution in [2.24, 2.45) is 0 Å². The van der Waals surface area contributed by atoms with Crippen LogP contribution in [0.4, 0.5) is 5.69 Å². The molecule has 0 fully saturated rings. The standard InChI is InChI=1S/C14H21NO4/c1-14(2,3)19-9-12(16)8-18-13(17)10-4-6-11(15)7-5-10/h4-7,12,16H,8-9,15H2,1-3H3. The van der Waals surface area contributed by atoms with E-state index in [0.29, 0.717) is 11.3 Å². The molecule has 1 aromatic rings. The van der Waals surface area contributed by atoms with Gasteiger partial charge in [0.15, 0.2) is 0 Å². The third-order valence-corrected chi connectivity index (χ3v) is 2.26. The van der Waals surface area contributed by atoms with E-state index in [9.17, 15) is 9.90 Å². The number of aliphatic hydroxyl groups is 1. The van der Waals surface area contributed by atoms with Crippen LogP contribution in [0.25, 0.3) is 0 Å². The Morgan fingerprint density at radius 3 is 2.37 bits per heavy atom. The summed E-state index contributed by atoms with van der Waals surface area (Å²) >= 11 is 0. The molecule has 0 radical (unpaired) electrons. The number of ether oxygens (including phenoxy) is 2. The summed E-state index contributed by atoms with van der Waals surface area (Å²) in [6.45, 7) is 5.69. The van der Waals surface area contributed by atoms with Crippen molar-refractivity contribution in [3.63, 3.8) is 0 Å². The molecule has 1 unspecified atom stereocenters. The van der Waals surface area contributed by atoms with E-state index in [0.717, 1.165) is 0 Å². The summed E-state index contributed by atoms with van der Waals surface area (Å²) in [6, 6.07) is 6.40. The van der Waals surface area contributed by atoms with Crippen LogP contribution < -0.4 is 5.73 Å². The molecule has 3 N–H and O–H groups in total. The van der Waals surface area contributed by atoms with Crippen molar-refractivity contribution in [1.82, 2.24) is 0 Å². The van der Waals surface area contributed by atoms with Crippen molar-refractivity contribution in [2.75, 3.05) is 18.9 Å². The van der Waals surface area contributed by atoms with Crippen LogP contribution in [0, 0.1) is 0 Å². The molecule has 1 aromatic carbocycles. The maximum Gasteiger partial charge on any atom is 0.338 e. The van der Waals surface area contributed by atoms with Gasteiger partial charge in [0.2, 0.25) is 0 Å². The molecule has 5 nitrogen and oxygen atoms in total. The number of esters is 1. The van der Waals surface area contributed by atoms with Crippen molar-refractivity contribution in [1.29, 1.82) is 0 Å². The number of anilines is 1. The second kappa shape index (κ2) is 6.54. The largest absolute Gasteiger partial charge is 0.459 e. The van der Waals surface area contributed by atoms with Gasteiger partial charge in [0.1, 0.15) is 12.7 Å². The summed E-state index contributed by atoms with van der Waals surface area (Å²) < 4.78 is 10.4. The first kappa shape index (κ1) is 15.5. The lowest BCUT2D eigenvalue weighted by atomic mass is 10.2. The third kappa shape index (κ3) is 6.22. The molecule has 0 spiro atoms. The Hall–Kier alpha value is -1.59. The van der Waals surface area contributed by atoms with Crippen molar-refractivity contribution >= 4 is 11.7 Å². The molecule has 0 aliphatic rings. The summed E-state index contributed by atoms with van der Waals surface area (Å²) in [6.07, 6.45) is -0.836. The van der Waals surface area contributed by atoms with E-state index in [-0.39, 0.29) is 18.8 Å². The highest BCUT2D eigenvalue weighted by Gasteiger charge is 2.15. The van der Waals surface area contributed by atoms with Gasteiger partial charge in [-0.05, 0) is 45.0 Å². The molecule has 19 heavy (non-hydrogen) atoms. The van der Waals surface area contributed by atoms with Gasteiger partial charge in [0.05, 0.1) is 17.8 Å². The number of nitrogen functional groups attached to an aromatic ring is 1. The van der Waals surface area contributed by atoms with Crippen LogP contribution in [0.3, 0.4) is 0 Å². The van der Waals surface area contributed by atoms with E-state index >= 15 is 0 Å². The van der Waals surface area contributed by atoms with Gasteiger partial charge in [0.25, 0.3) is 0 Å². The van der Waals surface area contributed by atoms with E-state index in [4.69, 9.17) is 15.2 Å². The number of carbonyl (C=O) groups is 1. The molecule has 0 aliphatic heterocycles. The van der Waals surface area contributed by atoms with Gasteiger partial charge < -0.3 is 20.3 Å². The zero-order valence-corrected chi connectivity index (χ0v) is 11.6. The minimum absolute atomic E-state index is 0.0979. The number of nitrogens with two attached hydrogens (primary N) is 1. The highest BCUT2D eigenvalue weighted by atomic mass is 16.6. The SMILES string of the molecule is CC(C)(C)OCC(O)COC(=O)c1ccc(N)cc1. The predicted octanol–water partition coefficient (Wildman–Crippen LogP) is 1.60. The summed E-state index contributed by atoms with van der Waals surface area (Å²) in [7, 11) is 0. The molecule has 0 amide bonds. The first-order valence-corrected chi connectivity index (χ1v) is 6.12. The Morgan fingerprint density at radius 2 is 1.84 bits per heavy atom. The zero-order chi connectivity index (χ0) is 14.5. The molecule has 5 heteroatoms. The van der Waals surface area contributed by atoms with Gasteiger partial charge in [-0.3, -0.25) is 0 Å². The predicted molar refractivity (Wildman–Crippen MR) is 72.8 cm³/mol. The topological polar surface area (TPSA) is 81.8 Å². The van der Waals surface area contributed by atoms with Crippen LogP contribution in [-0.2, 0) is 9.47 Å². The van der Waals surface area contributed by atoms with Crippen molar-refractivity contribution in [2.45, 2.75) is 32.5 Å². The van der Waals surface area contributed by atoms with Crippen LogP contribution in [0.1, 0.15) is 31.1 Å². The van der Waals surface area contributed by atoms with Crippen LogP contribution in [0.2, 0.25) is 0 Å². The Balaban J connectivity index is 2.36. The third-order valence-electron chi connectivity index (χ3n) is 2.26. The zero-order valence-electron chi connectivity index (χ0n) is 11.6. The van der Waals surface area contributed by atoms with Gasteiger partial charge in [-0.2, -0.15) is 0 Å². The fourth-order valence-corrected chi connectivity index (χ4v) is 1.27. The first-order valence-electron chi connectivity index (χ1n) is 6.12. The van der Waals surface area contributed by atoms with Gasteiger partial charge in [-0.15, -0.1) is 0 Å². The first-order chi connectivity index (χ1) is 8.78. The summed E-state index contributed by atoms with van der Waals surface area (Å²) in [5.41, 5.74) is 6.17. The lowest BCUT2D eigenvalue weighted by Crippen LogP contribution is -2.29. The molecule has 106 valence electrons. The molecule has 1 atom stereocenters. The number of rotatable bonds is 5. The number of aliphatic hydroxyl groups excluding tert-OH is 1. The maximum absolute atomic E-state index is 11.6. The monoisotopic (exact) mass is 267 g/mol. The Kier molecular flexibility index (Phi) is 5.32. The molecule has 0 aromatic heterocycles. The molecule has 0 bridgehead atoms. The normalized spacial score (nSPS) is 13.1. The second-order valence-corrected chi connectivity index (χ2v) is 5.30. The number of benzene rings is 1. The second-order valence-electron chi connectivity index (χ2n) is 5.30. The Morgan fingerprint density at radius 1 is 1.26 bits per heavy atom. The number of carbonyl (C=O) groups excluding carboxylic acids is 1. The van der Waals surface area contributed by atoms with E-state index in [1.165, 1.54) is 0 Å². The molecule has 0 heterocycles. The van der Waals surface area contributed by atoms with Crippen LogP contribution in [0.15, 0.2) is 24.3 Å². The lowest BCUT2D eigenvalue weighted by Gasteiger charge is -2.21. The maximum atomic E-state index is 11.6. The number of hydrogen-bond donors (Lipinski definition) is 2. The van der Waals surface area contributed by atoms with Gasteiger partial charge >= 0.3 is 5.97 Å². The summed E-state index contributed by atoms with van der Waals surface area (Å²) in [4.78, 5) is 11.6. The van der Waals surface area contributed by atoms with Crippen molar-refractivity contribution in [3.05, 3.63) is 29.8 Å². The minimum Gasteiger partial charge on any atom is -0.459 e. The van der Waals surface area contributed by atoms with Crippen LogP contribution in [0.5, 0.6) is 0 Å². The molecule has 0 aliphatic carbocycles. The summed E-state index contributed by atoms with van der Waals surface area (Å²) in [5, 5.41) is 9.63. The highest BCUT2D eigenvalue weighted by molar-refractivity contribution is 5.89. The van der Waals surface area contributed by atoms with E-state index in [1.54, 1.807) is 24.3 Å². The van der Waals surface area contributed by atoms with E-state index in [1.807, 2.05) is 20.8 Å². The summed E-state index contributed by atoms with van der Waals surface area (Å²) in [5.74, 6) is -0.491. The van der Waals surface area contributed by atoms with Gasteiger partial charge in [-0.25, -0.2) is 4.79 Å². The van der Waals surface area contributed by atoms with Gasteiger partial charge in [-0.1, -0.05) is 0 Å². The van der Waals surface area contributed by atoms with Crippen molar-refractivity contribution < 1.29 is 19.4 Å². The quantitative estimate of drug-likeness (QED) is 0.625. The molecule has 1 rings (SSSR count). The average Bonchev–Trinajstić information content (AvgIpc) is 2.33. The highest BCUT2D eigenvalue weighted by Crippen LogP contribution is 2.09. The Labute approximate surface area is 113 Å². The fraction of sp³-hybridized carbons (Fsp3) is 0.500. The fourth-order valence-electron chi connectivity index (χ4n) is 1.27. The Bertz CT molecular complexity index is 408. The molecule has 0 saturated heterocycles. The minimum atomic E-state index is -0.836. The molecular weight excluding hydrogens is 246 g/mol. The van der Waals surface area contributed by atoms with E-state index < -0.39 is 12.1 Å².